The van der Waals surface area contributed by atoms with Crippen molar-refractivity contribution in [1.82, 2.24) is 5.48 Å². The zero-order valence-electron chi connectivity index (χ0n) is 9.42. The van der Waals surface area contributed by atoms with Crippen molar-refractivity contribution in [2.24, 2.45) is 0 Å². The lowest BCUT2D eigenvalue weighted by atomic mass is 10.1. The second-order valence-electron chi connectivity index (χ2n) is 3.29. The van der Waals surface area contributed by atoms with Gasteiger partial charge in [-0.3, -0.25) is 4.79 Å². The summed E-state index contributed by atoms with van der Waals surface area (Å²) in [5, 5.41) is 0. The molecular formula is C13H13NO3. The number of carbonyl (C=O) groups is 2. The van der Waals surface area contributed by atoms with Crippen LogP contribution in [0.25, 0.3) is 6.08 Å². The molecule has 17 heavy (non-hydrogen) atoms. The van der Waals surface area contributed by atoms with E-state index >= 15 is 0 Å². The molecule has 1 aromatic rings. The van der Waals surface area contributed by atoms with E-state index in [0.29, 0.717) is 6.41 Å². The minimum atomic E-state index is -0.627. The third-order valence-electron chi connectivity index (χ3n) is 1.88. The van der Waals surface area contributed by atoms with Crippen molar-refractivity contribution in [3.05, 3.63) is 53.6 Å². The number of benzene rings is 1. The van der Waals surface area contributed by atoms with Gasteiger partial charge in [0.15, 0.2) is 0 Å². The van der Waals surface area contributed by atoms with Crippen LogP contribution < -0.4 is 5.48 Å². The molecule has 1 aromatic carbocycles. The maximum atomic E-state index is 11.0. The van der Waals surface area contributed by atoms with Crippen molar-refractivity contribution in [2.45, 2.75) is 6.92 Å². The molecule has 0 unspecified atom stereocenters. The molecule has 0 spiro atoms. The molecule has 0 atom stereocenters. The molecule has 0 aromatic heterocycles. The molecule has 1 amide bonds. The average molecular weight is 231 g/mol. The number of carbonyl (C=O) groups excluding carboxylic acids is 2. The molecule has 0 bridgehead atoms. The number of allylic oxidation sites excluding steroid dienone is 2. The minimum absolute atomic E-state index is 0.290. The molecule has 0 aliphatic carbocycles. The van der Waals surface area contributed by atoms with Gasteiger partial charge in [-0.25, -0.2) is 4.79 Å². The van der Waals surface area contributed by atoms with E-state index in [1.165, 1.54) is 6.08 Å². The van der Waals surface area contributed by atoms with Gasteiger partial charge >= 0.3 is 5.97 Å². The van der Waals surface area contributed by atoms with E-state index in [4.69, 9.17) is 0 Å². The summed E-state index contributed by atoms with van der Waals surface area (Å²) in [7, 11) is 0. The van der Waals surface area contributed by atoms with Crippen molar-refractivity contribution in [3.63, 3.8) is 0 Å². The maximum absolute atomic E-state index is 11.0. The first-order chi connectivity index (χ1) is 8.22. The molecule has 0 heterocycles. The Hall–Kier alpha value is -2.36. The normalized spacial score (nSPS) is 11.2. The van der Waals surface area contributed by atoms with Gasteiger partial charge in [0.05, 0.1) is 0 Å². The lowest BCUT2D eigenvalue weighted by Gasteiger charge is -1.96. The Morgan fingerprint density at radius 1 is 1.24 bits per heavy atom. The Bertz CT molecular complexity index is 435. The Morgan fingerprint density at radius 2 is 1.94 bits per heavy atom. The second kappa shape index (κ2) is 7.00. The van der Waals surface area contributed by atoms with Gasteiger partial charge in [0.1, 0.15) is 0 Å². The highest BCUT2D eigenvalue weighted by atomic mass is 16.7. The Morgan fingerprint density at radius 3 is 2.59 bits per heavy atom. The van der Waals surface area contributed by atoms with Crippen LogP contribution in [0.15, 0.2) is 48.1 Å². The summed E-state index contributed by atoms with van der Waals surface area (Å²) in [6.07, 6.45) is 5.07. The predicted molar refractivity (Wildman–Crippen MR) is 64.5 cm³/mol. The number of rotatable bonds is 5. The molecule has 0 aliphatic rings. The Balaban J connectivity index is 2.56. The number of hydrogen-bond acceptors (Lipinski definition) is 3. The first kappa shape index (κ1) is 12.7. The number of amides is 1. The van der Waals surface area contributed by atoms with Gasteiger partial charge in [0.2, 0.25) is 6.41 Å². The molecule has 0 radical (unpaired) electrons. The summed E-state index contributed by atoms with van der Waals surface area (Å²) in [6.45, 7) is 1.87. The lowest BCUT2D eigenvalue weighted by Crippen LogP contribution is -2.15. The van der Waals surface area contributed by atoms with Crippen LogP contribution in [0.2, 0.25) is 0 Å². The van der Waals surface area contributed by atoms with Crippen LogP contribution in [0, 0.1) is 0 Å². The molecule has 1 N–H and O–H groups in total. The SMILES string of the molecule is CC(/C=C/C(=O)ONC=O)=C\c1ccccc1. The minimum Gasteiger partial charge on any atom is -0.336 e. The van der Waals surface area contributed by atoms with E-state index in [2.05, 4.69) is 4.84 Å². The first-order valence-corrected chi connectivity index (χ1v) is 5.04. The van der Waals surface area contributed by atoms with E-state index in [9.17, 15) is 9.59 Å². The lowest BCUT2D eigenvalue weighted by molar-refractivity contribution is -0.149. The number of hydroxylamine groups is 1. The summed E-state index contributed by atoms with van der Waals surface area (Å²) in [4.78, 5) is 25.2. The van der Waals surface area contributed by atoms with Crippen LogP contribution in [-0.4, -0.2) is 12.4 Å². The summed E-state index contributed by atoms with van der Waals surface area (Å²) < 4.78 is 0. The van der Waals surface area contributed by atoms with Crippen LogP contribution in [0.3, 0.4) is 0 Å². The van der Waals surface area contributed by atoms with Gasteiger partial charge < -0.3 is 4.84 Å². The zero-order valence-corrected chi connectivity index (χ0v) is 9.42. The summed E-state index contributed by atoms with van der Waals surface area (Å²) in [5.74, 6) is -0.627. The monoisotopic (exact) mass is 231 g/mol. The van der Waals surface area contributed by atoms with E-state index in [1.54, 1.807) is 6.08 Å². The molecule has 0 aliphatic heterocycles. The number of nitrogens with one attached hydrogen (secondary N) is 1. The molecule has 4 nitrogen and oxygen atoms in total. The fourth-order valence-corrected chi connectivity index (χ4v) is 1.18. The van der Waals surface area contributed by atoms with Crippen LogP contribution in [0.5, 0.6) is 0 Å². The standard InChI is InChI=1S/C13H13NO3/c1-11(7-8-13(16)17-14-10-15)9-12-5-3-2-4-6-12/h2-10H,1H3,(H,14,15)/b8-7+,11-9+. The fraction of sp³-hybridized carbons (Fsp3) is 0.0769. The van der Waals surface area contributed by atoms with E-state index in [0.717, 1.165) is 11.1 Å². The predicted octanol–water partition coefficient (Wildman–Crippen LogP) is 1.85. The molecular weight excluding hydrogens is 218 g/mol. The highest BCUT2D eigenvalue weighted by molar-refractivity contribution is 5.83. The quantitative estimate of drug-likeness (QED) is 0.364. The van der Waals surface area contributed by atoms with Gasteiger partial charge in [0, 0.05) is 6.08 Å². The second-order valence-corrected chi connectivity index (χ2v) is 3.29. The maximum Gasteiger partial charge on any atom is 0.355 e. The van der Waals surface area contributed by atoms with Gasteiger partial charge in [-0.2, -0.15) is 5.48 Å². The van der Waals surface area contributed by atoms with Crippen LogP contribution >= 0.6 is 0 Å². The van der Waals surface area contributed by atoms with Crippen LogP contribution in [0.4, 0.5) is 0 Å². The largest absolute Gasteiger partial charge is 0.355 e. The highest BCUT2D eigenvalue weighted by Gasteiger charge is 1.94. The van der Waals surface area contributed by atoms with Crippen LogP contribution in [-0.2, 0) is 14.4 Å². The third-order valence-corrected chi connectivity index (χ3v) is 1.88. The summed E-state index contributed by atoms with van der Waals surface area (Å²) in [6, 6.07) is 9.73. The average Bonchev–Trinajstić information content (AvgIpc) is 2.35. The van der Waals surface area contributed by atoms with E-state index in [-0.39, 0.29) is 0 Å². The highest BCUT2D eigenvalue weighted by Crippen LogP contribution is 2.06. The van der Waals surface area contributed by atoms with Crippen molar-refractivity contribution in [3.8, 4) is 0 Å². The molecule has 0 saturated heterocycles. The summed E-state index contributed by atoms with van der Waals surface area (Å²) in [5.41, 5.74) is 3.77. The van der Waals surface area contributed by atoms with Gasteiger partial charge in [-0.05, 0) is 12.5 Å². The van der Waals surface area contributed by atoms with Crippen molar-refractivity contribution in [2.75, 3.05) is 0 Å². The Labute approximate surface area is 99.5 Å². The van der Waals surface area contributed by atoms with Crippen molar-refractivity contribution < 1.29 is 14.4 Å². The van der Waals surface area contributed by atoms with Gasteiger partial charge in [-0.1, -0.05) is 48.1 Å². The molecule has 1 rings (SSSR count). The topological polar surface area (TPSA) is 55.4 Å². The van der Waals surface area contributed by atoms with Gasteiger partial charge in [0.25, 0.3) is 0 Å². The first-order valence-electron chi connectivity index (χ1n) is 5.04. The fourth-order valence-electron chi connectivity index (χ4n) is 1.18. The van der Waals surface area contributed by atoms with Crippen molar-refractivity contribution >= 4 is 18.5 Å². The van der Waals surface area contributed by atoms with E-state index in [1.807, 2.05) is 48.8 Å². The molecule has 0 saturated carbocycles. The van der Waals surface area contributed by atoms with Gasteiger partial charge in [-0.15, -0.1) is 0 Å². The zero-order chi connectivity index (χ0) is 12.5. The smallest absolute Gasteiger partial charge is 0.336 e. The third kappa shape index (κ3) is 5.32. The van der Waals surface area contributed by atoms with E-state index < -0.39 is 5.97 Å². The Kier molecular flexibility index (Phi) is 5.24. The molecule has 4 heteroatoms. The van der Waals surface area contributed by atoms with Crippen LogP contribution in [0.1, 0.15) is 12.5 Å². The summed E-state index contributed by atoms with van der Waals surface area (Å²) >= 11 is 0. The molecule has 0 fully saturated rings. The molecule has 88 valence electrons. The van der Waals surface area contributed by atoms with Crippen molar-refractivity contribution in [1.29, 1.82) is 0 Å². The number of hydrogen-bond donors (Lipinski definition) is 1.